The van der Waals surface area contributed by atoms with E-state index < -0.39 is 5.82 Å². The van der Waals surface area contributed by atoms with Crippen molar-refractivity contribution in [3.8, 4) is 0 Å². The van der Waals surface area contributed by atoms with Crippen LogP contribution in [0.15, 0.2) is 18.2 Å². The number of amides is 2. The average Bonchev–Trinajstić information content (AvgIpc) is 3.08. The Morgan fingerprint density at radius 3 is 2.93 bits per heavy atom. The molecule has 2 aromatic rings. The fraction of sp³-hybridized carbons (Fsp3) is 0.333. The minimum absolute atomic E-state index is 0.0171. The number of anilines is 1. The summed E-state index contributed by atoms with van der Waals surface area (Å²) in [6.07, 6.45) is 3.38. The highest BCUT2D eigenvalue weighted by atomic mass is 19.1. The molecule has 0 bridgehead atoms. The van der Waals surface area contributed by atoms with Crippen molar-refractivity contribution >= 4 is 29.2 Å². The summed E-state index contributed by atoms with van der Waals surface area (Å²) in [4.78, 5) is 30.6. The molecule has 7 heteroatoms. The zero-order chi connectivity index (χ0) is 19.8. The van der Waals surface area contributed by atoms with Gasteiger partial charge in [0.2, 0.25) is 0 Å². The van der Waals surface area contributed by atoms with E-state index in [4.69, 9.17) is 0 Å². The Hall–Kier alpha value is -2.93. The number of fused-ring (bicyclic) bond motifs is 2. The number of hydrogen-bond donors (Lipinski definition) is 3. The second-order valence-corrected chi connectivity index (χ2v) is 7.22. The molecule has 1 aromatic carbocycles. The summed E-state index contributed by atoms with van der Waals surface area (Å²) in [5.74, 6) is -0.647. The highest BCUT2D eigenvalue weighted by Crippen LogP contribution is 2.35. The minimum Gasteiger partial charge on any atom is -0.358 e. The van der Waals surface area contributed by atoms with Crippen LogP contribution in [0.3, 0.4) is 0 Å². The minimum atomic E-state index is -0.393. The summed E-state index contributed by atoms with van der Waals surface area (Å²) in [7, 11) is 1.87. The molecule has 28 heavy (non-hydrogen) atoms. The zero-order valence-corrected chi connectivity index (χ0v) is 16.0. The van der Waals surface area contributed by atoms with Crippen molar-refractivity contribution in [1.29, 1.82) is 0 Å². The number of aromatic amines is 1. The Bertz CT molecular complexity index is 993. The highest BCUT2D eigenvalue weighted by Gasteiger charge is 2.29. The van der Waals surface area contributed by atoms with Gasteiger partial charge in [-0.25, -0.2) is 4.39 Å². The lowest BCUT2D eigenvalue weighted by Crippen LogP contribution is -2.36. The van der Waals surface area contributed by atoms with E-state index in [0.717, 1.165) is 42.9 Å². The first kappa shape index (κ1) is 18.4. The normalized spacial score (nSPS) is 17.5. The largest absolute Gasteiger partial charge is 0.358 e. The van der Waals surface area contributed by atoms with Gasteiger partial charge in [-0.2, -0.15) is 0 Å². The van der Waals surface area contributed by atoms with Gasteiger partial charge >= 0.3 is 0 Å². The summed E-state index contributed by atoms with van der Waals surface area (Å²) in [6.45, 7) is 4.02. The Morgan fingerprint density at radius 1 is 1.32 bits per heavy atom. The Balaban J connectivity index is 1.73. The predicted molar refractivity (Wildman–Crippen MR) is 107 cm³/mol. The van der Waals surface area contributed by atoms with Crippen LogP contribution < -0.4 is 10.6 Å². The van der Waals surface area contributed by atoms with Crippen LogP contribution in [0.4, 0.5) is 10.1 Å². The first-order valence-electron chi connectivity index (χ1n) is 9.48. The molecule has 0 radical (unpaired) electrons. The van der Waals surface area contributed by atoms with Crippen LogP contribution in [0.1, 0.15) is 39.3 Å². The molecule has 4 rings (SSSR count). The Labute approximate surface area is 162 Å². The zero-order valence-electron chi connectivity index (χ0n) is 16.0. The van der Waals surface area contributed by atoms with E-state index in [1.54, 1.807) is 12.1 Å². The first-order chi connectivity index (χ1) is 13.5. The fourth-order valence-electron chi connectivity index (χ4n) is 3.92. The van der Waals surface area contributed by atoms with Gasteiger partial charge in [0.15, 0.2) is 0 Å². The van der Waals surface area contributed by atoms with Crippen LogP contribution in [0.5, 0.6) is 0 Å². The number of nitrogens with one attached hydrogen (secondary N) is 3. The van der Waals surface area contributed by atoms with E-state index in [-0.39, 0.29) is 11.8 Å². The second-order valence-electron chi connectivity index (χ2n) is 7.22. The molecule has 2 aliphatic rings. The molecule has 146 valence electrons. The molecule has 0 spiro atoms. The standard InChI is InChI=1S/C21H23FN4O2/c1-12-18(11-15-14-10-13(22)5-6-16(14)25-20(15)27)24-17-4-3-8-26(9-7-23-2)21(28)19(12)17/h5-6,10-11,23-24H,3-4,7-9H2,1-2H3,(H,25,27). The molecule has 0 fully saturated rings. The number of hydrogen-bond acceptors (Lipinski definition) is 3. The third-order valence-electron chi connectivity index (χ3n) is 5.41. The number of H-pyrrole nitrogens is 1. The van der Waals surface area contributed by atoms with E-state index in [0.29, 0.717) is 28.9 Å². The summed E-state index contributed by atoms with van der Waals surface area (Å²) in [5.41, 5.74) is 4.66. The molecule has 0 saturated heterocycles. The molecule has 6 nitrogen and oxygen atoms in total. The van der Waals surface area contributed by atoms with Crippen LogP contribution in [-0.4, -0.2) is 48.4 Å². The van der Waals surface area contributed by atoms with Crippen molar-refractivity contribution in [2.24, 2.45) is 0 Å². The van der Waals surface area contributed by atoms with Gasteiger partial charge in [-0.3, -0.25) is 9.59 Å². The number of benzene rings is 1. The lowest BCUT2D eigenvalue weighted by molar-refractivity contribution is -0.110. The van der Waals surface area contributed by atoms with Crippen LogP contribution in [-0.2, 0) is 11.2 Å². The van der Waals surface area contributed by atoms with Gasteiger partial charge in [0.05, 0.1) is 11.1 Å². The average molecular weight is 382 g/mol. The summed E-state index contributed by atoms with van der Waals surface area (Å²) < 4.78 is 13.7. The molecule has 2 aliphatic heterocycles. The van der Waals surface area contributed by atoms with Gasteiger partial charge in [-0.15, -0.1) is 0 Å². The van der Waals surface area contributed by atoms with Crippen molar-refractivity contribution in [2.45, 2.75) is 19.8 Å². The van der Waals surface area contributed by atoms with Gasteiger partial charge < -0.3 is 20.5 Å². The number of aromatic nitrogens is 1. The van der Waals surface area contributed by atoms with Gasteiger partial charge in [-0.1, -0.05) is 0 Å². The first-order valence-corrected chi connectivity index (χ1v) is 9.48. The van der Waals surface area contributed by atoms with Gasteiger partial charge in [0, 0.05) is 42.3 Å². The Kier molecular flexibility index (Phi) is 4.77. The molecule has 2 amide bonds. The molecule has 0 saturated carbocycles. The van der Waals surface area contributed by atoms with Crippen molar-refractivity contribution in [2.75, 3.05) is 32.0 Å². The molecule has 0 aliphatic carbocycles. The summed E-state index contributed by atoms with van der Waals surface area (Å²) >= 11 is 0. The smallest absolute Gasteiger partial charge is 0.256 e. The van der Waals surface area contributed by atoms with Gasteiger partial charge in [-0.05, 0) is 56.7 Å². The van der Waals surface area contributed by atoms with E-state index in [2.05, 4.69) is 15.6 Å². The SMILES string of the molecule is CNCCN1CCCc2[nH]c(C=C3C(=O)Nc4ccc(F)cc43)c(C)c2C1=O. The summed E-state index contributed by atoms with van der Waals surface area (Å²) in [5, 5.41) is 5.84. The molecule has 3 heterocycles. The topological polar surface area (TPSA) is 77.2 Å². The number of carbonyl (C=O) groups excluding carboxylic acids is 2. The number of aryl methyl sites for hydroxylation is 1. The number of nitrogens with zero attached hydrogens (tertiary/aromatic N) is 1. The van der Waals surface area contributed by atoms with E-state index in [9.17, 15) is 14.0 Å². The maximum absolute atomic E-state index is 13.7. The third-order valence-corrected chi connectivity index (χ3v) is 5.41. The predicted octanol–water partition coefficient (Wildman–Crippen LogP) is 2.56. The Morgan fingerprint density at radius 2 is 2.14 bits per heavy atom. The van der Waals surface area contributed by atoms with Crippen LogP contribution in [0, 0.1) is 12.7 Å². The summed E-state index contributed by atoms with van der Waals surface area (Å²) in [6, 6.07) is 4.23. The van der Waals surface area contributed by atoms with E-state index in [1.165, 1.54) is 12.1 Å². The maximum atomic E-state index is 13.7. The molecule has 3 N–H and O–H groups in total. The van der Waals surface area contributed by atoms with Crippen molar-refractivity contribution in [3.63, 3.8) is 0 Å². The maximum Gasteiger partial charge on any atom is 0.256 e. The second kappa shape index (κ2) is 7.24. The van der Waals surface area contributed by atoms with E-state index in [1.807, 2.05) is 18.9 Å². The van der Waals surface area contributed by atoms with Crippen molar-refractivity contribution in [3.05, 3.63) is 52.1 Å². The van der Waals surface area contributed by atoms with E-state index >= 15 is 0 Å². The quantitative estimate of drug-likeness (QED) is 0.712. The monoisotopic (exact) mass is 382 g/mol. The lowest BCUT2D eigenvalue weighted by atomic mass is 10.0. The highest BCUT2D eigenvalue weighted by molar-refractivity contribution is 6.34. The fourth-order valence-corrected chi connectivity index (χ4v) is 3.92. The van der Waals surface area contributed by atoms with Crippen LogP contribution >= 0.6 is 0 Å². The lowest BCUT2D eigenvalue weighted by Gasteiger charge is -2.20. The number of rotatable bonds is 4. The van der Waals surface area contributed by atoms with Crippen LogP contribution in [0.25, 0.3) is 11.6 Å². The number of likely N-dealkylation sites (N-methyl/N-ethyl adjacent to an activating group) is 1. The number of carbonyl (C=O) groups is 2. The van der Waals surface area contributed by atoms with Gasteiger partial charge in [0.25, 0.3) is 11.8 Å². The molecule has 0 atom stereocenters. The third kappa shape index (κ3) is 3.11. The van der Waals surface area contributed by atoms with Crippen molar-refractivity contribution in [1.82, 2.24) is 15.2 Å². The molecule has 0 unspecified atom stereocenters. The molecular formula is C21H23FN4O2. The van der Waals surface area contributed by atoms with Crippen molar-refractivity contribution < 1.29 is 14.0 Å². The van der Waals surface area contributed by atoms with Crippen LogP contribution in [0.2, 0.25) is 0 Å². The van der Waals surface area contributed by atoms with Gasteiger partial charge in [0.1, 0.15) is 5.82 Å². The number of halogens is 1. The molecular weight excluding hydrogens is 359 g/mol. The molecule has 1 aromatic heterocycles.